The van der Waals surface area contributed by atoms with Gasteiger partial charge in [0.05, 0.1) is 17.2 Å². The van der Waals surface area contributed by atoms with Gasteiger partial charge in [0.2, 0.25) is 5.91 Å². The molecular weight excluding hydrogens is 375 g/mol. The van der Waals surface area contributed by atoms with Crippen molar-refractivity contribution in [1.82, 2.24) is 10.2 Å². The Morgan fingerprint density at radius 3 is 2.15 bits per heavy atom. The van der Waals surface area contributed by atoms with E-state index in [0.29, 0.717) is 53.2 Å². The molecule has 1 aromatic rings. The molecule has 1 heterocycles. The Labute approximate surface area is 165 Å². The maximum Gasteiger partial charge on any atom is 0.253 e. The summed E-state index contributed by atoms with van der Waals surface area (Å²) in [7, 11) is 1.48. The molecule has 26 heavy (non-hydrogen) atoms. The summed E-state index contributed by atoms with van der Waals surface area (Å²) in [6.07, 6.45) is 1.31. The molecule has 1 fully saturated rings. The monoisotopic (exact) mass is 400 g/mol. The van der Waals surface area contributed by atoms with Crippen LogP contribution in [0.3, 0.4) is 0 Å². The molecule has 0 aliphatic carbocycles. The molecule has 1 aliphatic heterocycles. The first-order chi connectivity index (χ1) is 12.2. The van der Waals surface area contributed by atoms with E-state index in [1.54, 1.807) is 17.0 Å². The number of halogens is 2. The lowest BCUT2D eigenvalue weighted by Gasteiger charge is -2.32. The first-order valence-electron chi connectivity index (χ1n) is 8.87. The minimum atomic E-state index is -0.133. The lowest BCUT2D eigenvalue weighted by molar-refractivity contribution is -0.127. The predicted octanol–water partition coefficient (Wildman–Crippen LogP) is 4.01. The van der Waals surface area contributed by atoms with Gasteiger partial charge in [0, 0.05) is 30.6 Å². The zero-order valence-electron chi connectivity index (χ0n) is 15.6. The molecule has 0 aromatic heterocycles. The van der Waals surface area contributed by atoms with Crippen LogP contribution in [0.15, 0.2) is 12.1 Å². The van der Waals surface area contributed by atoms with E-state index in [4.69, 9.17) is 27.9 Å². The van der Waals surface area contributed by atoms with E-state index in [0.717, 1.165) is 0 Å². The Kier molecular flexibility index (Phi) is 7.18. The number of amides is 2. The minimum Gasteiger partial charge on any atom is -0.494 e. The minimum absolute atomic E-state index is 0.0525. The van der Waals surface area contributed by atoms with Crippen molar-refractivity contribution in [3.05, 3.63) is 27.7 Å². The van der Waals surface area contributed by atoms with Crippen LogP contribution in [0.2, 0.25) is 10.0 Å². The number of nitrogens with one attached hydrogen (secondary N) is 1. The molecule has 1 aromatic carbocycles. The van der Waals surface area contributed by atoms with Crippen LogP contribution < -0.4 is 10.1 Å². The highest BCUT2D eigenvalue weighted by atomic mass is 35.5. The summed E-state index contributed by atoms with van der Waals surface area (Å²) >= 11 is 12.2. The van der Waals surface area contributed by atoms with Crippen molar-refractivity contribution in [2.45, 2.75) is 39.7 Å². The van der Waals surface area contributed by atoms with Crippen molar-refractivity contribution in [3.63, 3.8) is 0 Å². The van der Waals surface area contributed by atoms with E-state index in [2.05, 4.69) is 19.2 Å². The zero-order chi connectivity index (χ0) is 19.4. The number of hydrogen-bond donors (Lipinski definition) is 1. The molecule has 2 rings (SSSR count). The third kappa shape index (κ3) is 4.83. The van der Waals surface area contributed by atoms with Gasteiger partial charge in [0.1, 0.15) is 0 Å². The summed E-state index contributed by atoms with van der Waals surface area (Å²) in [6, 6.07) is 3.28. The number of ether oxygens (including phenoxy) is 1. The number of carbonyl (C=O) groups excluding carboxylic acids is 2. The van der Waals surface area contributed by atoms with E-state index >= 15 is 0 Å². The highest BCUT2D eigenvalue weighted by Crippen LogP contribution is 2.34. The van der Waals surface area contributed by atoms with Crippen molar-refractivity contribution in [1.29, 1.82) is 0 Å². The van der Waals surface area contributed by atoms with Gasteiger partial charge in [0.25, 0.3) is 5.91 Å². The van der Waals surface area contributed by atoms with Gasteiger partial charge in [-0.1, -0.05) is 37.0 Å². The Morgan fingerprint density at radius 2 is 1.69 bits per heavy atom. The molecule has 0 spiro atoms. The van der Waals surface area contributed by atoms with Gasteiger partial charge in [-0.15, -0.1) is 0 Å². The standard InChI is InChI=1S/C19H26Cl2N2O3/c1-11(2)12(3)22-18(24)13-5-7-23(8-6-13)19(25)14-9-15(20)17(26-4)16(21)10-14/h9-13H,5-8H2,1-4H3,(H,22,24). The number of hydrogen-bond acceptors (Lipinski definition) is 3. The fourth-order valence-corrected chi connectivity index (χ4v) is 3.56. The molecule has 1 N–H and O–H groups in total. The van der Waals surface area contributed by atoms with Crippen LogP contribution in [0.25, 0.3) is 0 Å². The smallest absolute Gasteiger partial charge is 0.253 e. The van der Waals surface area contributed by atoms with Crippen LogP contribution in [0, 0.1) is 11.8 Å². The average Bonchev–Trinajstić information content (AvgIpc) is 2.60. The summed E-state index contributed by atoms with van der Waals surface area (Å²) in [5.41, 5.74) is 0.428. The second-order valence-corrected chi connectivity index (χ2v) is 7.90. The lowest BCUT2D eigenvalue weighted by atomic mass is 9.94. The van der Waals surface area contributed by atoms with Gasteiger partial charge in [-0.3, -0.25) is 9.59 Å². The Morgan fingerprint density at radius 1 is 1.15 bits per heavy atom. The van der Waals surface area contributed by atoms with Crippen LogP contribution in [-0.4, -0.2) is 43.0 Å². The highest BCUT2D eigenvalue weighted by Gasteiger charge is 2.29. The normalized spacial score (nSPS) is 16.5. The number of piperidine rings is 1. The largest absolute Gasteiger partial charge is 0.494 e. The van der Waals surface area contributed by atoms with Crippen LogP contribution in [0.1, 0.15) is 44.0 Å². The summed E-state index contributed by atoms with van der Waals surface area (Å²) in [5.74, 6) is 0.646. The molecular formula is C19H26Cl2N2O3. The van der Waals surface area contributed by atoms with Gasteiger partial charge < -0.3 is 15.0 Å². The molecule has 0 saturated carbocycles. The van der Waals surface area contributed by atoms with Gasteiger partial charge in [-0.05, 0) is 37.8 Å². The quantitative estimate of drug-likeness (QED) is 0.811. The highest BCUT2D eigenvalue weighted by molar-refractivity contribution is 6.37. The van der Waals surface area contributed by atoms with Crippen molar-refractivity contribution >= 4 is 35.0 Å². The number of nitrogens with zero attached hydrogens (tertiary/aromatic N) is 1. The van der Waals surface area contributed by atoms with Crippen molar-refractivity contribution < 1.29 is 14.3 Å². The fraction of sp³-hybridized carbons (Fsp3) is 0.579. The average molecular weight is 401 g/mol. The summed E-state index contributed by atoms with van der Waals surface area (Å²) in [5, 5.41) is 3.67. The van der Waals surface area contributed by atoms with Gasteiger partial charge >= 0.3 is 0 Å². The number of rotatable bonds is 5. The first-order valence-corrected chi connectivity index (χ1v) is 9.62. The van der Waals surface area contributed by atoms with Gasteiger partial charge in [-0.2, -0.15) is 0 Å². The summed E-state index contributed by atoms with van der Waals surface area (Å²) in [6.45, 7) is 7.25. The molecule has 2 amide bonds. The molecule has 1 atom stereocenters. The number of carbonyl (C=O) groups is 2. The van der Waals surface area contributed by atoms with Gasteiger partial charge in [-0.25, -0.2) is 0 Å². The topological polar surface area (TPSA) is 58.6 Å². The van der Waals surface area contributed by atoms with Crippen molar-refractivity contribution in [2.24, 2.45) is 11.8 Å². The van der Waals surface area contributed by atoms with Crippen LogP contribution in [-0.2, 0) is 4.79 Å². The van der Waals surface area contributed by atoms with E-state index < -0.39 is 0 Å². The maximum atomic E-state index is 12.7. The molecule has 1 unspecified atom stereocenters. The lowest BCUT2D eigenvalue weighted by Crippen LogP contribution is -2.45. The summed E-state index contributed by atoms with van der Waals surface area (Å²) in [4.78, 5) is 26.8. The van der Waals surface area contributed by atoms with Crippen molar-refractivity contribution in [2.75, 3.05) is 20.2 Å². The molecule has 144 valence electrons. The second-order valence-electron chi connectivity index (χ2n) is 7.08. The summed E-state index contributed by atoms with van der Waals surface area (Å²) < 4.78 is 5.11. The number of benzene rings is 1. The maximum absolute atomic E-state index is 12.7. The fourth-order valence-electron chi connectivity index (χ4n) is 2.91. The molecule has 1 saturated heterocycles. The molecule has 7 heteroatoms. The van der Waals surface area contributed by atoms with E-state index in [1.807, 2.05) is 6.92 Å². The Hall–Kier alpha value is -1.46. The third-order valence-electron chi connectivity index (χ3n) is 4.97. The van der Waals surface area contributed by atoms with E-state index in [1.165, 1.54) is 7.11 Å². The Bertz CT molecular complexity index is 648. The van der Waals surface area contributed by atoms with Crippen LogP contribution in [0.4, 0.5) is 0 Å². The van der Waals surface area contributed by atoms with Crippen molar-refractivity contribution in [3.8, 4) is 5.75 Å². The first kappa shape index (κ1) is 20.8. The molecule has 5 nitrogen and oxygen atoms in total. The second kappa shape index (κ2) is 8.96. The van der Waals surface area contributed by atoms with Gasteiger partial charge in [0.15, 0.2) is 5.75 Å². The Balaban J connectivity index is 1.97. The zero-order valence-corrected chi connectivity index (χ0v) is 17.2. The number of likely N-dealkylation sites (tertiary alicyclic amines) is 1. The van der Waals surface area contributed by atoms with Crippen LogP contribution >= 0.6 is 23.2 Å². The third-order valence-corrected chi connectivity index (χ3v) is 5.53. The van der Waals surface area contributed by atoms with E-state index in [9.17, 15) is 9.59 Å². The van der Waals surface area contributed by atoms with E-state index in [-0.39, 0.29) is 23.8 Å². The molecule has 1 aliphatic rings. The molecule has 0 radical (unpaired) electrons. The predicted molar refractivity (Wildman–Crippen MR) is 104 cm³/mol. The SMILES string of the molecule is COc1c(Cl)cc(C(=O)N2CCC(C(=O)NC(C)C(C)C)CC2)cc1Cl. The molecule has 0 bridgehead atoms. The number of methoxy groups -OCH3 is 1. The van der Waals surface area contributed by atoms with Crippen LogP contribution in [0.5, 0.6) is 5.75 Å².